The smallest absolute Gasteiger partial charge is 0.0492 e. The molecule has 2 nitrogen and oxygen atoms in total. The molecule has 88 valence electrons. The van der Waals surface area contributed by atoms with Crippen LogP contribution in [0.25, 0.3) is 0 Å². The Morgan fingerprint density at radius 1 is 1.31 bits per heavy atom. The summed E-state index contributed by atoms with van der Waals surface area (Å²) >= 11 is 5.96. The number of aliphatic hydroxyl groups excluding tert-OH is 1. The van der Waals surface area contributed by atoms with Crippen LogP contribution in [0.2, 0.25) is 5.02 Å². The van der Waals surface area contributed by atoms with E-state index in [9.17, 15) is 5.11 Å². The van der Waals surface area contributed by atoms with E-state index in [0.717, 1.165) is 37.5 Å². The first kappa shape index (κ1) is 11.9. The quantitative estimate of drug-likeness (QED) is 0.880. The van der Waals surface area contributed by atoms with E-state index in [4.69, 9.17) is 16.3 Å². The fraction of sp³-hybridized carbons (Fsp3) is 0.538. The summed E-state index contributed by atoms with van der Waals surface area (Å²) in [6, 6.07) is 7.88. The Morgan fingerprint density at radius 2 is 2.06 bits per heavy atom. The maximum atomic E-state index is 9.58. The van der Waals surface area contributed by atoms with E-state index in [1.54, 1.807) is 0 Å². The number of rotatable bonds is 3. The molecule has 0 spiro atoms. The van der Waals surface area contributed by atoms with Crippen molar-refractivity contribution in [3.63, 3.8) is 0 Å². The van der Waals surface area contributed by atoms with E-state index in [0.29, 0.717) is 0 Å². The predicted molar refractivity (Wildman–Crippen MR) is 64.7 cm³/mol. The fourth-order valence-corrected chi connectivity index (χ4v) is 2.49. The minimum absolute atomic E-state index is 0.0110. The van der Waals surface area contributed by atoms with Crippen molar-refractivity contribution in [2.24, 2.45) is 5.41 Å². The molecular weight excluding hydrogens is 224 g/mol. The third kappa shape index (κ3) is 2.76. The van der Waals surface area contributed by atoms with E-state index in [1.807, 2.05) is 18.2 Å². The van der Waals surface area contributed by atoms with Gasteiger partial charge in [-0.1, -0.05) is 23.7 Å². The van der Waals surface area contributed by atoms with Crippen molar-refractivity contribution in [2.45, 2.75) is 19.3 Å². The molecule has 1 aliphatic rings. The summed E-state index contributed by atoms with van der Waals surface area (Å²) in [6.45, 7) is 1.73. The number of halogens is 1. The molecule has 0 radical (unpaired) electrons. The van der Waals surface area contributed by atoms with Crippen LogP contribution >= 0.6 is 11.6 Å². The second-order valence-electron chi connectivity index (χ2n) is 4.58. The molecule has 1 heterocycles. The van der Waals surface area contributed by atoms with Crippen molar-refractivity contribution in [1.29, 1.82) is 0 Å². The number of aliphatic hydroxyl groups is 1. The van der Waals surface area contributed by atoms with Gasteiger partial charge in [0.15, 0.2) is 0 Å². The van der Waals surface area contributed by atoms with Crippen molar-refractivity contribution >= 4 is 11.6 Å². The summed E-state index contributed by atoms with van der Waals surface area (Å²) in [5, 5.41) is 10.3. The van der Waals surface area contributed by atoms with Crippen molar-refractivity contribution in [1.82, 2.24) is 0 Å². The molecule has 0 unspecified atom stereocenters. The third-order valence-electron chi connectivity index (χ3n) is 3.36. The van der Waals surface area contributed by atoms with Gasteiger partial charge in [-0.15, -0.1) is 0 Å². The van der Waals surface area contributed by atoms with Gasteiger partial charge in [0.2, 0.25) is 0 Å². The fourth-order valence-electron chi connectivity index (χ4n) is 2.28. The van der Waals surface area contributed by atoms with Crippen LogP contribution in [0.15, 0.2) is 24.3 Å². The number of hydrogen-bond acceptors (Lipinski definition) is 2. The van der Waals surface area contributed by atoms with Gasteiger partial charge in [-0.3, -0.25) is 0 Å². The highest BCUT2D eigenvalue weighted by Crippen LogP contribution is 2.34. The summed E-state index contributed by atoms with van der Waals surface area (Å²) < 4.78 is 5.35. The SMILES string of the molecule is OCC1(Cc2cccc(Cl)c2)CCOCC1. The molecule has 1 aliphatic heterocycles. The van der Waals surface area contributed by atoms with E-state index >= 15 is 0 Å². The molecule has 0 amide bonds. The molecule has 3 heteroatoms. The van der Waals surface area contributed by atoms with Crippen LogP contribution in [0.4, 0.5) is 0 Å². The zero-order valence-electron chi connectivity index (χ0n) is 9.29. The molecule has 0 saturated carbocycles. The number of ether oxygens (including phenoxy) is 1. The molecular formula is C13H17ClO2. The minimum atomic E-state index is -0.0110. The molecule has 0 atom stereocenters. The standard InChI is InChI=1S/C13H17ClO2/c14-12-3-1-2-11(8-12)9-13(10-15)4-6-16-7-5-13/h1-3,8,15H,4-7,9-10H2. The number of hydrogen-bond donors (Lipinski definition) is 1. The molecule has 1 N–H and O–H groups in total. The summed E-state index contributed by atoms with van der Waals surface area (Å²) in [5.41, 5.74) is 1.19. The lowest BCUT2D eigenvalue weighted by atomic mass is 9.76. The normalized spacial score (nSPS) is 19.6. The van der Waals surface area contributed by atoms with Gasteiger partial charge in [-0.25, -0.2) is 0 Å². The summed E-state index contributed by atoms with van der Waals surface area (Å²) in [6.07, 6.45) is 2.74. The van der Waals surface area contributed by atoms with E-state index in [2.05, 4.69) is 6.07 Å². The van der Waals surface area contributed by atoms with Crippen molar-refractivity contribution in [3.05, 3.63) is 34.9 Å². The van der Waals surface area contributed by atoms with Crippen molar-refractivity contribution in [2.75, 3.05) is 19.8 Å². The van der Waals surface area contributed by atoms with Gasteiger partial charge in [-0.2, -0.15) is 0 Å². The van der Waals surface area contributed by atoms with Crippen LogP contribution < -0.4 is 0 Å². The first-order chi connectivity index (χ1) is 7.74. The lowest BCUT2D eigenvalue weighted by Gasteiger charge is -2.35. The van der Waals surface area contributed by atoms with Crippen LogP contribution in [-0.4, -0.2) is 24.9 Å². The summed E-state index contributed by atoms with van der Waals surface area (Å²) in [7, 11) is 0. The molecule has 0 aliphatic carbocycles. The molecule has 0 bridgehead atoms. The van der Waals surface area contributed by atoms with E-state index in [-0.39, 0.29) is 12.0 Å². The highest BCUT2D eigenvalue weighted by molar-refractivity contribution is 6.30. The lowest BCUT2D eigenvalue weighted by Crippen LogP contribution is -2.35. The molecule has 2 rings (SSSR count). The lowest BCUT2D eigenvalue weighted by molar-refractivity contribution is -0.0157. The van der Waals surface area contributed by atoms with Gasteiger partial charge in [0.1, 0.15) is 0 Å². The maximum Gasteiger partial charge on any atom is 0.0492 e. The predicted octanol–water partition coefficient (Wildman–Crippen LogP) is 2.67. The Kier molecular flexibility index (Phi) is 3.85. The molecule has 1 aromatic rings. The minimum Gasteiger partial charge on any atom is -0.396 e. The Balaban J connectivity index is 2.11. The second-order valence-corrected chi connectivity index (χ2v) is 5.01. The van der Waals surface area contributed by atoms with Crippen LogP contribution in [-0.2, 0) is 11.2 Å². The maximum absolute atomic E-state index is 9.58. The van der Waals surface area contributed by atoms with Crippen LogP contribution in [0.5, 0.6) is 0 Å². The van der Waals surface area contributed by atoms with Gasteiger partial charge in [-0.05, 0) is 37.0 Å². The Bertz CT molecular complexity index is 346. The molecule has 1 saturated heterocycles. The average Bonchev–Trinajstić information content (AvgIpc) is 2.30. The topological polar surface area (TPSA) is 29.5 Å². The van der Waals surface area contributed by atoms with Gasteiger partial charge < -0.3 is 9.84 Å². The number of benzene rings is 1. The third-order valence-corrected chi connectivity index (χ3v) is 3.59. The second kappa shape index (κ2) is 5.17. The first-order valence-corrected chi connectivity index (χ1v) is 6.05. The summed E-state index contributed by atoms with van der Waals surface area (Å²) in [4.78, 5) is 0. The van der Waals surface area contributed by atoms with Gasteiger partial charge in [0.25, 0.3) is 0 Å². The zero-order valence-corrected chi connectivity index (χ0v) is 10.0. The van der Waals surface area contributed by atoms with Crippen molar-refractivity contribution in [3.8, 4) is 0 Å². The average molecular weight is 241 g/mol. The monoisotopic (exact) mass is 240 g/mol. The Hall–Kier alpha value is -0.570. The van der Waals surface area contributed by atoms with Crippen LogP contribution in [0.1, 0.15) is 18.4 Å². The summed E-state index contributed by atoms with van der Waals surface area (Å²) in [5.74, 6) is 0. The Labute approximate surface area is 101 Å². The highest BCUT2D eigenvalue weighted by Gasteiger charge is 2.32. The van der Waals surface area contributed by atoms with Gasteiger partial charge in [0.05, 0.1) is 0 Å². The Morgan fingerprint density at radius 3 is 2.69 bits per heavy atom. The van der Waals surface area contributed by atoms with E-state index < -0.39 is 0 Å². The first-order valence-electron chi connectivity index (χ1n) is 5.67. The molecule has 1 aromatic carbocycles. The molecule has 0 aromatic heterocycles. The van der Waals surface area contributed by atoms with Gasteiger partial charge >= 0.3 is 0 Å². The largest absolute Gasteiger partial charge is 0.396 e. The van der Waals surface area contributed by atoms with E-state index in [1.165, 1.54) is 5.56 Å². The zero-order chi connectivity index (χ0) is 11.4. The van der Waals surface area contributed by atoms with Crippen LogP contribution in [0, 0.1) is 5.41 Å². The highest BCUT2D eigenvalue weighted by atomic mass is 35.5. The van der Waals surface area contributed by atoms with Gasteiger partial charge in [0, 0.05) is 30.3 Å². The van der Waals surface area contributed by atoms with Crippen molar-refractivity contribution < 1.29 is 9.84 Å². The van der Waals surface area contributed by atoms with Crippen LogP contribution in [0.3, 0.4) is 0 Å². The molecule has 16 heavy (non-hydrogen) atoms. The molecule has 1 fully saturated rings.